The van der Waals surface area contributed by atoms with Crippen LogP contribution in [0.4, 0.5) is 0 Å². The average molecular weight is 623 g/mol. The first kappa shape index (κ1) is 35.7. The highest BCUT2D eigenvalue weighted by atomic mass is 32.2. The number of aliphatic hydroxyl groups excluding tert-OH is 1. The molecule has 0 radical (unpaired) electrons. The van der Waals surface area contributed by atoms with Crippen molar-refractivity contribution in [1.82, 2.24) is 0 Å². The number of allylic oxidation sites excluding steroid dienone is 2. The molecule has 1 aromatic carbocycles. The molecule has 0 aromatic heterocycles. The molecule has 2 aliphatic rings. The Bertz CT molecular complexity index is 1090. The molecular weight excluding hydrogens is 568 g/mol. The summed E-state index contributed by atoms with van der Waals surface area (Å²) < 4.78 is 50.0. The van der Waals surface area contributed by atoms with E-state index in [1.54, 1.807) is 24.3 Å². The summed E-state index contributed by atoms with van der Waals surface area (Å²) in [6.07, 6.45) is 12.9. The van der Waals surface area contributed by atoms with Crippen LogP contribution in [-0.4, -0.2) is 57.3 Å². The SMILES string of the molecule is CCCCCCCC1(CC[C@@H]2[C@@H](CC=CCCCOC(=O)C(C)C)[C@@H](O)C[C@H]2OS(=O)(=O)c2ccc(C)cc2)OCCO1. The summed E-state index contributed by atoms with van der Waals surface area (Å²) >= 11 is 0. The third kappa shape index (κ3) is 11.3. The quantitative estimate of drug-likeness (QED) is 0.0770. The Hall–Kier alpha value is -1.78. The van der Waals surface area contributed by atoms with E-state index in [2.05, 4.69) is 6.92 Å². The van der Waals surface area contributed by atoms with Crippen LogP contribution >= 0.6 is 0 Å². The van der Waals surface area contributed by atoms with Gasteiger partial charge in [-0.25, -0.2) is 0 Å². The van der Waals surface area contributed by atoms with Crippen molar-refractivity contribution in [2.75, 3.05) is 19.8 Å². The molecular formula is C34H54O8S. The van der Waals surface area contributed by atoms with E-state index >= 15 is 0 Å². The van der Waals surface area contributed by atoms with Crippen LogP contribution in [0, 0.1) is 24.7 Å². The summed E-state index contributed by atoms with van der Waals surface area (Å²) in [5, 5.41) is 11.1. The molecule has 43 heavy (non-hydrogen) atoms. The number of carbonyl (C=O) groups is 1. The Morgan fingerprint density at radius 3 is 2.40 bits per heavy atom. The number of rotatable bonds is 19. The molecule has 1 heterocycles. The topological polar surface area (TPSA) is 108 Å². The van der Waals surface area contributed by atoms with Gasteiger partial charge < -0.3 is 19.3 Å². The summed E-state index contributed by atoms with van der Waals surface area (Å²) in [4.78, 5) is 11.8. The summed E-state index contributed by atoms with van der Waals surface area (Å²) in [5.41, 5.74) is 0.967. The molecule has 1 aliphatic carbocycles. The smallest absolute Gasteiger partial charge is 0.308 e. The zero-order valence-electron chi connectivity index (χ0n) is 26.7. The first-order valence-corrected chi connectivity index (χ1v) is 17.8. The molecule has 1 aliphatic heterocycles. The number of unbranched alkanes of at least 4 members (excludes halogenated alkanes) is 5. The van der Waals surface area contributed by atoms with Gasteiger partial charge in [-0.05, 0) is 63.0 Å². The van der Waals surface area contributed by atoms with Crippen LogP contribution in [0.2, 0.25) is 0 Å². The second-order valence-electron chi connectivity index (χ2n) is 12.5. The lowest BCUT2D eigenvalue weighted by atomic mass is 9.85. The lowest BCUT2D eigenvalue weighted by Crippen LogP contribution is -2.33. The molecule has 9 heteroatoms. The largest absolute Gasteiger partial charge is 0.465 e. The Balaban J connectivity index is 1.67. The fourth-order valence-electron chi connectivity index (χ4n) is 6.12. The van der Waals surface area contributed by atoms with E-state index in [1.165, 1.54) is 19.3 Å². The van der Waals surface area contributed by atoms with Gasteiger partial charge in [-0.15, -0.1) is 0 Å². The average Bonchev–Trinajstić information content (AvgIpc) is 3.55. The van der Waals surface area contributed by atoms with Gasteiger partial charge >= 0.3 is 5.97 Å². The Morgan fingerprint density at radius 1 is 1.02 bits per heavy atom. The molecule has 1 N–H and O–H groups in total. The first-order valence-electron chi connectivity index (χ1n) is 16.3. The highest BCUT2D eigenvalue weighted by molar-refractivity contribution is 7.86. The zero-order chi connectivity index (χ0) is 31.3. The number of hydrogen-bond donors (Lipinski definition) is 1. The molecule has 3 rings (SSSR count). The van der Waals surface area contributed by atoms with E-state index in [1.807, 2.05) is 32.9 Å². The monoisotopic (exact) mass is 622 g/mol. The minimum Gasteiger partial charge on any atom is -0.465 e. The molecule has 0 spiro atoms. The Morgan fingerprint density at radius 2 is 1.72 bits per heavy atom. The van der Waals surface area contributed by atoms with E-state index in [0.29, 0.717) is 39.1 Å². The van der Waals surface area contributed by atoms with Crippen LogP contribution < -0.4 is 0 Å². The fraction of sp³-hybridized carbons (Fsp3) is 0.735. The Kier molecular flexibility index (Phi) is 14.6. The van der Waals surface area contributed by atoms with Gasteiger partial charge in [0.05, 0.1) is 42.8 Å². The number of hydrogen-bond acceptors (Lipinski definition) is 8. The molecule has 1 saturated heterocycles. The minimum absolute atomic E-state index is 0.124. The number of aliphatic hydroxyl groups is 1. The maximum Gasteiger partial charge on any atom is 0.308 e. The molecule has 1 saturated carbocycles. The van der Waals surface area contributed by atoms with Crippen LogP contribution in [0.3, 0.4) is 0 Å². The molecule has 1 aromatic rings. The van der Waals surface area contributed by atoms with Crippen molar-refractivity contribution >= 4 is 16.1 Å². The Labute approximate surface area is 259 Å². The first-order chi connectivity index (χ1) is 20.6. The van der Waals surface area contributed by atoms with Crippen LogP contribution in [0.25, 0.3) is 0 Å². The lowest BCUT2D eigenvalue weighted by molar-refractivity contribution is -0.171. The highest BCUT2D eigenvalue weighted by Crippen LogP contribution is 2.43. The van der Waals surface area contributed by atoms with Crippen LogP contribution in [0.1, 0.15) is 103 Å². The van der Waals surface area contributed by atoms with Crippen molar-refractivity contribution in [3.63, 3.8) is 0 Å². The number of aryl methyl sites for hydroxylation is 1. The van der Waals surface area contributed by atoms with Crippen molar-refractivity contribution in [3.8, 4) is 0 Å². The van der Waals surface area contributed by atoms with Crippen molar-refractivity contribution < 1.29 is 36.7 Å². The van der Waals surface area contributed by atoms with Crippen molar-refractivity contribution in [1.29, 1.82) is 0 Å². The van der Waals surface area contributed by atoms with Gasteiger partial charge in [0.15, 0.2) is 5.79 Å². The van der Waals surface area contributed by atoms with Crippen LogP contribution in [-0.2, 0) is 33.3 Å². The number of esters is 1. The molecule has 0 amide bonds. The zero-order valence-corrected chi connectivity index (χ0v) is 27.5. The van der Waals surface area contributed by atoms with Gasteiger partial charge in [-0.1, -0.05) is 76.3 Å². The number of ether oxygens (including phenoxy) is 3. The number of benzene rings is 1. The second-order valence-corrected chi connectivity index (χ2v) is 14.1. The standard InChI is InChI=1S/C34H54O8S/c1-5-6-7-9-12-20-34(40-23-24-41-34)21-19-30-29(14-11-8-10-13-22-39-33(36)26(2)3)31(35)25-32(30)42-43(37,38)28-17-15-27(4)16-18-28/h8,11,15-18,26,29-32,35H,5-7,9-10,12-14,19-25H2,1-4H3/t29-,30-,31+,32-/m1/s1. The van der Waals surface area contributed by atoms with Gasteiger partial charge in [0.25, 0.3) is 10.1 Å². The predicted octanol–water partition coefficient (Wildman–Crippen LogP) is 6.88. The van der Waals surface area contributed by atoms with E-state index in [9.17, 15) is 18.3 Å². The van der Waals surface area contributed by atoms with E-state index in [4.69, 9.17) is 18.4 Å². The van der Waals surface area contributed by atoms with E-state index in [-0.39, 0.29) is 35.0 Å². The molecule has 4 atom stereocenters. The van der Waals surface area contributed by atoms with E-state index < -0.39 is 28.1 Å². The molecule has 0 unspecified atom stereocenters. The third-order valence-corrected chi connectivity index (χ3v) is 10.0. The van der Waals surface area contributed by atoms with Gasteiger partial charge in [-0.3, -0.25) is 8.98 Å². The summed E-state index contributed by atoms with van der Waals surface area (Å²) in [6.45, 7) is 9.23. The van der Waals surface area contributed by atoms with Crippen molar-refractivity contribution in [2.24, 2.45) is 17.8 Å². The molecule has 0 bridgehead atoms. The molecule has 244 valence electrons. The highest BCUT2D eigenvalue weighted by Gasteiger charge is 2.46. The lowest BCUT2D eigenvalue weighted by Gasteiger charge is -2.31. The van der Waals surface area contributed by atoms with Crippen LogP contribution in [0.5, 0.6) is 0 Å². The summed E-state index contributed by atoms with van der Waals surface area (Å²) in [6, 6.07) is 6.65. The fourth-order valence-corrected chi connectivity index (χ4v) is 7.25. The van der Waals surface area contributed by atoms with Crippen LogP contribution in [0.15, 0.2) is 41.3 Å². The van der Waals surface area contributed by atoms with E-state index in [0.717, 1.165) is 37.7 Å². The maximum atomic E-state index is 13.3. The molecule has 8 nitrogen and oxygen atoms in total. The summed E-state index contributed by atoms with van der Waals surface area (Å²) in [5.74, 6) is -1.33. The normalized spacial score (nSPS) is 23.9. The van der Waals surface area contributed by atoms with Crippen molar-refractivity contribution in [3.05, 3.63) is 42.0 Å². The van der Waals surface area contributed by atoms with Gasteiger partial charge in [0.1, 0.15) is 0 Å². The van der Waals surface area contributed by atoms with Gasteiger partial charge in [0.2, 0.25) is 0 Å². The number of carbonyl (C=O) groups excluding carboxylic acids is 1. The minimum atomic E-state index is -4.00. The predicted molar refractivity (Wildman–Crippen MR) is 167 cm³/mol. The second kappa shape index (κ2) is 17.6. The van der Waals surface area contributed by atoms with Gasteiger partial charge in [0, 0.05) is 19.3 Å². The molecule has 2 fully saturated rings. The third-order valence-electron chi connectivity index (χ3n) is 8.69. The van der Waals surface area contributed by atoms with Crippen molar-refractivity contribution in [2.45, 2.75) is 128 Å². The van der Waals surface area contributed by atoms with Gasteiger partial charge in [-0.2, -0.15) is 8.42 Å². The maximum absolute atomic E-state index is 13.3. The summed E-state index contributed by atoms with van der Waals surface area (Å²) in [7, 11) is -4.00.